The van der Waals surface area contributed by atoms with E-state index in [-0.39, 0.29) is 18.0 Å². The molecule has 1 N–H and O–H groups in total. The Morgan fingerprint density at radius 2 is 2.10 bits per heavy atom. The van der Waals surface area contributed by atoms with Gasteiger partial charge in [-0.3, -0.25) is 4.98 Å². The number of nitrogens with one attached hydrogen (secondary N) is 1. The minimum absolute atomic E-state index is 0.0649. The van der Waals surface area contributed by atoms with E-state index in [1.807, 2.05) is 30.3 Å². The summed E-state index contributed by atoms with van der Waals surface area (Å²) in [6.45, 7) is 1.47. The van der Waals surface area contributed by atoms with Crippen LogP contribution in [0.15, 0.2) is 48.7 Å². The van der Waals surface area contributed by atoms with Crippen LogP contribution < -0.4 is 5.32 Å². The van der Waals surface area contributed by atoms with Crippen molar-refractivity contribution in [1.82, 2.24) is 10.3 Å². The summed E-state index contributed by atoms with van der Waals surface area (Å²) in [4.78, 5) is 4.32. The maximum atomic E-state index is 13.1. The fourth-order valence-corrected chi connectivity index (χ4v) is 2.72. The van der Waals surface area contributed by atoms with Gasteiger partial charge < -0.3 is 10.1 Å². The molecule has 1 aromatic heterocycles. The van der Waals surface area contributed by atoms with Gasteiger partial charge in [0.2, 0.25) is 0 Å². The third kappa shape index (κ3) is 3.65. The highest BCUT2D eigenvalue weighted by Crippen LogP contribution is 2.27. The van der Waals surface area contributed by atoms with Gasteiger partial charge in [0.05, 0.1) is 17.8 Å². The molecule has 3 rings (SSSR count). The highest BCUT2D eigenvalue weighted by atomic mass is 19.1. The third-order valence-electron chi connectivity index (χ3n) is 3.80. The van der Waals surface area contributed by atoms with E-state index in [4.69, 9.17) is 4.74 Å². The number of pyridine rings is 1. The molecule has 1 fully saturated rings. The molecule has 2 heterocycles. The van der Waals surface area contributed by atoms with Crippen LogP contribution in [-0.4, -0.2) is 17.7 Å². The zero-order chi connectivity index (χ0) is 14.5. The molecule has 1 saturated heterocycles. The molecule has 1 aromatic carbocycles. The van der Waals surface area contributed by atoms with Crippen LogP contribution in [0.4, 0.5) is 4.39 Å². The van der Waals surface area contributed by atoms with Crippen molar-refractivity contribution < 1.29 is 9.13 Å². The predicted octanol–water partition coefficient (Wildman–Crippen LogP) is 3.23. The number of hydrogen-bond acceptors (Lipinski definition) is 3. The Balaban J connectivity index is 1.74. The van der Waals surface area contributed by atoms with E-state index in [2.05, 4.69) is 10.3 Å². The van der Waals surface area contributed by atoms with Crippen molar-refractivity contribution in [2.75, 3.05) is 6.61 Å². The summed E-state index contributed by atoms with van der Waals surface area (Å²) < 4.78 is 18.9. The summed E-state index contributed by atoms with van der Waals surface area (Å²) >= 11 is 0. The first-order valence-electron chi connectivity index (χ1n) is 7.33. The van der Waals surface area contributed by atoms with E-state index in [1.54, 1.807) is 6.20 Å². The number of aromatic nitrogens is 1. The zero-order valence-electron chi connectivity index (χ0n) is 11.8. The number of hydrogen-bond donors (Lipinski definition) is 1. The zero-order valence-corrected chi connectivity index (χ0v) is 11.8. The number of rotatable bonds is 5. The highest BCUT2D eigenvalue weighted by molar-refractivity contribution is 5.21. The van der Waals surface area contributed by atoms with Crippen LogP contribution in [0.1, 0.15) is 30.1 Å². The maximum absolute atomic E-state index is 13.1. The fourth-order valence-electron chi connectivity index (χ4n) is 2.72. The van der Waals surface area contributed by atoms with E-state index in [1.165, 1.54) is 12.1 Å². The quantitative estimate of drug-likeness (QED) is 0.916. The van der Waals surface area contributed by atoms with Crippen molar-refractivity contribution in [3.05, 3.63) is 65.7 Å². The van der Waals surface area contributed by atoms with Crippen LogP contribution in [-0.2, 0) is 11.3 Å². The second-order valence-electron chi connectivity index (χ2n) is 5.28. The standard InChI is InChI=1S/C17H19FN2O/c18-14-8-6-13(7-9-14)17(16-5-3-11-21-16)20-12-15-4-1-2-10-19-15/h1-2,4,6-10,16-17,20H,3,5,11-12H2/t16-,17+/m0/s1. The summed E-state index contributed by atoms with van der Waals surface area (Å²) in [5.74, 6) is -0.213. The molecule has 2 aromatic rings. The summed E-state index contributed by atoms with van der Waals surface area (Å²) in [6, 6.07) is 12.6. The molecule has 0 amide bonds. The molecule has 1 aliphatic heterocycles. The van der Waals surface area contributed by atoms with E-state index < -0.39 is 0 Å². The minimum Gasteiger partial charge on any atom is -0.376 e. The normalized spacial score (nSPS) is 19.6. The Bertz CT molecular complexity index is 553. The van der Waals surface area contributed by atoms with E-state index in [0.717, 1.165) is 30.7 Å². The average Bonchev–Trinajstić information content (AvgIpc) is 3.04. The molecule has 0 spiro atoms. The molecule has 4 heteroatoms. The first kappa shape index (κ1) is 14.2. The van der Waals surface area contributed by atoms with Gasteiger partial charge in [0, 0.05) is 19.3 Å². The van der Waals surface area contributed by atoms with Crippen LogP contribution in [0.5, 0.6) is 0 Å². The first-order chi connectivity index (χ1) is 10.3. The van der Waals surface area contributed by atoms with E-state index in [0.29, 0.717) is 6.54 Å². The molecular weight excluding hydrogens is 267 g/mol. The average molecular weight is 286 g/mol. The molecule has 0 radical (unpaired) electrons. The van der Waals surface area contributed by atoms with Crippen molar-refractivity contribution in [2.24, 2.45) is 0 Å². The predicted molar refractivity (Wildman–Crippen MR) is 79.2 cm³/mol. The molecule has 0 unspecified atom stereocenters. The maximum Gasteiger partial charge on any atom is 0.123 e. The fraction of sp³-hybridized carbons (Fsp3) is 0.353. The third-order valence-corrected chi connectivity index (χ3v) is 3.80. The largest absolute Gasteiger partial charge is 0.376 e. The van der Waals surface area contributed by atoms with Crippen molar-refractivity contribution in [3.63, 3.8) is 0 Å². The van der Waals surface area contributed by atoms with Crippen LogP contribution in [0.25, 0.3) is 0 Å². The molecular formula is C17H19FN2O. The van der Waals surface area contributed by atoms with Gasteiger partial charge in [-0.15, -0.1) is 0 Å². The first-order valence-corrected chi connectivity index (χ1v) is 7.33. The second kappa shape index (κ2) is 6.78. The Hall–Kier alpha value is -1.78. The van der Waals surface area contributed by atoms with Gasteiger partial charge >= 0.3 is 0 Å². The minimum atomic E-state index is -0.213. The van der Waals surface area contributed by atoms with Gasteiger partial charge in [-0.2, -0.15) is 0 Å². The van der Waals surface area contributed by atoms with Gasteiger partial charge in [0.1, 0.15) is 5.82 Å². The molecule has 0 aliphatic carbocycles. The van der Waals surface area contributed by atoms with E-state index >= 15 is 0 Å². The van der Waals surface area contributed by atoms with Crippen LogP contribution in [0.3, 0.4) is 0 Å². The number of ether oxygens (including phenoxy) is 1. The summed E-state index contributed by atoms with van der Waals surface area (Å²) in [5.41, 5.74) is 2.04. The van der Waals surface area contributed by atoms with Gasteiger partial charge in [-0.05, 0) is 42.7 Å². The topological polar surface area (TPSA) is 34.2 Å². The lowest BCUT2D eigenvalue weighted by Crippen LogP contribution is -2.31. The Labute approximate surface area is 124 Å². The van der Waals surface area contributed by atoms with Crippen molar-refractivity contribution in [1.29, 1.82) is 0 Å². The van der Waals surface area contributed by atoms with Gasteiger partial charge in [0.25, 0.3) is 0 Å². The number of halogens is 1. The van der Waals surface area contributed by atoms with Gasteiger partial charge in [-0.1, -0.05) is 18.2 Å². The smallest absolute Gasteiger partial charge is 0.123 e. The van der Waals surface area contributed by atoms with Gasteiger partial charge in [-0.25, -0.2) is 4.39 Å². The summed E-state index contributed by atoms with van der Waals surface area (Å²) in [7, 11) is 0. The SMILES string of the molecule is Fc1ccc([C@@H](NCc2ccccn2)[C@@H]2CCCO2)cc1. The number of benzene rings is 1. The molecule has 110 valence electrons. The van der Waals surface area contributed by atoms with Crippen molar-refractivity contribution in [3.8, 4) is 0 Å². The molecule has 0 saturated carbocycles. The summed E-state index contributed by atoms with van der Waals surface area (Å²) in [6.07, 6.45) is 4.03. The molecule has 1 aliphatic rings. The van der Waals surface area contributed by atoms with Gasteiger partial charge in [0.15, 0.2) is 0 Å². The molecule has 2 atom stereocenters. The van der Waals surface area contributed by atoms with Crippen molar-refractivity contribution in [2.45, 2.75) is 31.5 Å². The molecule has 3 nitrogen and oxygen atoms in total. The van der Waals surface area contributed by atoms with Crippen LogP contribution in [0, 0.1) is 5.82 Å². The van der Waals surface area contributed by atoms with Crippen LogP contribution >= 0.6 is 0 Å². The molecule has 0 bridgehead atoms. The lowest BCUT2D eigenvalue weighted by molar-refractivity contribution is 0.0774. The Morgan fingerprint density at radius 1 is 1.24 bits per heavy atom. The molecule has 21 heavy (non-hydrogen) atoms. The highest BCUT2D eigenvalue weighted by Gasteiger charge is 2.27. The lowest BCUT2D eigenvalue weighted by atomic mass is 9.99. The van der Waals surface area contributed by atoms with Crippen molar-refractivity contribution >= 4 is 0 Å². The van der Waals surface area contributed by atoms with E-state index in [9.17, 15) is 4.39 Å². The Kier molecular flexibility index (Phi) is 4.58. The second-order valence-corrected chi connectivity index (χ2v) is 5.28. The van der Waals surface area contributed by atoms with Crippen LogP contribution in [0.2, 0.25) is 0 Å². The summed E-state index contributed by atoms with van der Waals surface area (Å²) in [5, 5.41) is 3.50. The Morgan fingerprint density at radius 3 is 2.76 bits per heavy atom. The monoisotopic (exact) mass is 286 g/mol. The lowest BCUT2D eigenvalue weighted by Gasteiger charge is -2.24. The number of nitrogens with zero attached hydrogens (tertiary/aromatic N) is 1.